The van der Waals surface area contributed by atoms with Gasteiger partial charge >= 0.3 is 5.97 Å². The monoisotopic (exact) mass is 382 g/mol. The highest BCUT2D eigenvalue weighted by atomic mass is 32.2. The number of carboxylic acids is 1. The predicted octanol–water partition coefficient (Wildman–Crippen LogP) is 4.02. The number of methoxy groups -OCH3 is 1. The first-order valence-electron chi connectivity index (χ1n) is 8.30. The molecule has 0 unspecified atom stereocenters. The predicted molar refractivity (Wildman–Crippen MR) is 106 cm³/mol. The molecule has 2 aromatic carbocycles. The van der Waals surface area contributed by atoms with E-state index < -0.39 is 5.97 Å². The van der Waals surface area contributed by atoms with Gasteiger partial charge in [-0.3, -0.25) is 9.69 Å². The van der Waals surface area contributed by atoms with Crippen molar-refractivity contribution in [1.82, 2.24) is 4.90 Å². The van der Waals surface area contributed by atoms with E-state index in [0.29, 0.717) is 28.1 Å². The van der Waals surface area contributed by atoms with Gasteiger partial charge in [-0.25, -0.2) is 9.79 Å². The Bertz CT molecular complexity index is 953. The number of aliphatic imine (C=N–C) groups is 1. The zero-order valence-corrected chi connectivity index (χ0v) is 15.7. The summed E-state index contributed by atoms with van der Waals surface area (Å²) in [6.45, 7) is 2.29. The Morgan fingerprint density at radius 1 is 1.26 bits per heavy atom. The summed E-state index contributed by atoms with van der Waals surface area (Å²) in [6.07, 6.45) is 1.78. The molecule has 3 rings (SSSR count). The first kappa shape index (κ1) is 18.7. The van der Waals surface area contributed by atoms with Crippen molar-refractivity contribution < 1.29 is 19.4 Å². The normalized spacial score (nSPS) is 17.0. The minimum absolute atomic E-state index is 0.0966. The number of aromatic carboxylic acids is 1. The number of likely N-dealkylation sites (N-methyl/N-ethyl adjacent to an activating group) is 1. The molecular formula is C20H18N2O4S. The number of hydrogen-bond acceptors (Lipinski definition) is 5. The maximum Gasteiger partial charge on any atom is 0.337 e. The largest absolute Gasteiger partial charge is 0.497 e. The molecule has 7 heteroatoms. The fourth-order valence-electron chi connectivity index (χ4n) is 2.61. The molecule has 0 spiro atoms. The number of amidine groups is 1. The molecule has 1 N–H and O–H groups in total. The van der Waals surface area contributed by atoms with Gasteiger partial charge in [0, 0.05) is 6.54 Å². The van der Waals surface area contributed by atoms with Crippen molar-refractivity contribution in [3.8, 4) is 5.75 Å². The van der Waals surface area contributed by atoms with Gasteiger partial charge in [0.05, 0.1) is 23.3 Å². The van der Waals surface area contributed by atoms with Crippen LogP contribution in [0, 0.1) is 0 Å². The van der Waals surface area contributed by atoms with E-state index in [1.54, 1.807) is 31.4 Å². The molecular weight excluding hydrogens is 364 g/mol. The van der Waals surface area contributed by atoms with Crippen LogP contribution in [0.5, 0.6) is 5.75 Å². The lowest BCUT2D eigenvalue weighted by molar-refractivity contribution is -0.122. The van der Waals surface area contributed by atoms with E-state index in [-0.39, 0.29) is 11.5 Å². The lowest BCUT2D eigenvalue weighted by Crippen LogP contribution is -2.28. The third kappa shape index (κ3) is 4.03. The second kappa shape index (κ2) is 8.09. The third-order valence-electron chi connectivity index (χ3n) is 3.95. The molecule has 1 aliphatic heterocycles. The molecule has 0 radical (unpaired) electrons. The van der Waals surface area contributed by atoms with Crippen molar-refractivity contribution in [2.75, 3.05) is 13.7 Å². The molecule has 138 valence electrons. The van der Waals surface area contributed by atoms with Crippen molar-refractivity contribution in [3.63, 3.8) is 0 Å². The van der Waals surface area contributed by atoms with Gasteiger partial charge in [-0.1, -0.05) is 24.3 Å². The van der Waals surface area contributed by atoms with E-state index in [0.717, 1.165) is 5.56 Å². The second-order valence-corrected chi connectivity index (χ2v) is 6.66. The zero-order chi connectivity index (χ0) is 19.4. The van der Waals surface area contributed by atoms with Gasteiger partial charge < -0.3 is 9.84 Å². The molecule has 0 bridgehead atoms. The molecule has 27 heavy (non-hydrogen) atoms. The van der Waals surface area contributed by atoms with Gasteiger partial charge in [0.25, 0.3) is 5.91 Å². The van der Waals surface area contributed by atoms with Crippen LogP contribution in [-0.2, 0) is 4.79 Å². The summed E-state index contributed by atoms with van der Waals surface area (Å²) in [5.41, 5.74) is 1.26. The third-order valence-corrected chi connectivity index (χ3v) is 4.95. The van der Waals surface area contributed by atoms with Gasteiger partial charge in [-0.05, 0) is 54.6 Å². The summed E-state index contributed by atoms with van der Waals surface area (Å²) in [4.78, 5) is 30.6. The van der Waals surface area contributed by atoms with Crippen LogP contribution in [-0.4, -0.2) is 40.7 Å². The van der Waals surface area contributed by atoms with Gasteiger partial charge in [0.2, 0.25) is 0 Å². The molecule has 0 aromatic heterocycles. The fraction of sp³-hybridized carbons (Fsp3) is 0.150. The number of hydrogen-bond donors (Lipinski definition) is 1. The number of nitrogens with zero attached hydrogens (tertiary/aromatic N) is 2. The Morgan fingerprint density at radius 2 is 2.04 bits per heavy atom. The van der Waals surface area contributed by atoms with Crippen LogP contribution in [0.2, 0.25) is 0 Å². The number of thioether (sulfide) groups is 1. The van der Waals surface area contributed by atoms with Crippen molar-refractivity contribution >= 4 is 40.6 Å². The number of ether oxygens (including phenoxy) is 1. The van der Waals surface area contributed by atoms with Crippen molar-refractivity contribution in [1.29, 1.82) is 0 Å². The molecule has 1 fully saturated rings. The van der Waals surface area contributed by atoms with Crippen LogP contribution in [0.15, 0.2) is 58.4 Å². The standard InChI is InChI=1S/C20H18N2O4S/c1-3-22-18(23)17(12-13-7-6-8-14(11-13)26-2)27-20(22)21-16-10-5-4-9-15(16)19(24)25/h4-12H,3H2,1-2H3,(H,24,25)/b17-12-,21-20?. The average molecular weight is 382 g/mol. The van der Waals surface area contributed by atoms with Crippen LogP contribution in [0.3, 0.4) is 0 Å². The molecule has 1 heterocycles. The minimum atomic E-state index is -1.06. The number of carboxylic acid groups (broad SMARTS) is 1. The van der Waals surface area contributed by atoms with E-state index in [2.05, 4.69) is 4.99 Å². The first-order chi connectivity index (χ1) is 13.0. The molecule has 1 aliphatic rings. The molecule has 1 saturated heterocycles. The highest BCUT2D eigenvalue weighted by Gasteiger charge is 2.32. The molecule has 2 aromatic rings. The van der Waals surface area contributed by atoms with Crippen LogP contribution < -0.4 is 4.74 Å². The second-order valence-electron chi connectivity index (χ2n) is 5.65. The highest BCUT2D eigenvalue weighted by molar-refractivity contribution is 8.18. The van der Waals surface area contributed by atoms with E-state index in [4.69, 9.17) is 4.74 Å². The topological polar surface area (TPSA) is 79.2 Å². The summed E-state index contributed by atoms with van der Waals surface area (Å²) < 4.78 is 5.21. The number of rotatable bonds is 5. The van der Waals surface area contributed by atoms with Gasteiger partial charge in [0.1, 0.15) is 5.75 Å². The SMILES string of the molecule is CCN1C(=O)/C(=C/c2cccc(OC)c2)SC1=Nc1ccccc1C(=O)O. The van der Waals surface area contributed by atoms with Gasteiger partial charge in [0.15, 0.2) is 5.17 Å². The summed E-state index contributed by atoms with van der Waals surface area (Å²) in [5, 5.41) is 9.79. The van der Waals surface area contributed by atoms with Crippen molar-refractivity contribution in [2.24, 2.45) is 4.99 Å². The lowest BCUT2D eigenvalue weighted by Gasteiger charge is -2.12. The molecule has 0 saturated carbocycles. The number of amides is 1. The van der Waals surface area contributed by atoms with E-state index in [9.17, 15) is 14.7 Å². The van der Waals surface area contributed by atoms with Crippen LogP contribution in [0.25, 0.3) is 6.08 Å². The molecule has 1 amide bonds. The van der Waals surface area contributed by atoms with E-state index in [1.165, 1.54) is 22.7 Å². The number of carbonyl (C=O) groups excluding carboxylic acids is 1. The Kier molecular flexibility index (Phi) is 5.61. The molecule has 0 atom stereocenters. The van der Waals surface area contributed by atoms with Crippen molar-refractivity contribution in [3.05, 3.63) is 64.6 Å². The summed E-state index contributed by atoms with van der Waals surface area (Å²) in [6, 6.07) is 13.9. The van der Waals surface area contributed by atoms with Crippen molar-refractivity contribution in [2.45, 2.75) is 6.92 Å². The highest BCUT2D eigenvalue weighted by Crippen LogP contribution is 2.35. The minimum Gasteiger partial charge on any atom is -0.497 e. The average Bonchev–Trinajstić information content (AvgIpc) is 2.96. The summed E-state index contributed by atoms with van der Waals surface area (Å²) in [5.74, 6) is -0.507. The fourth-order valence-corrected chi connectivity index (χ4v) is 3.66. The quantitative estimate of drug-likeness (QED) is 0.790. The Balaban J connectivity index is 1.98. The summed E-state index contributed by atoms with van der Waals surface area (Å²) in [7, 11) is 1.59. The first-order valence-corrected chi connectivity index (χ1v) is 9.11. The van der Waals surface area contributed by atoms with Crippen LogP contribution >= 0.6 is 11.8 Å². The Morgan fingerprint density at radius 3 is 2.74 bits per heavy atom. The van der Waals surface area contributed by atoms with Crippen LogP contribution in [0.1, 0.15) is 22.8 Å². The Labute approximate surface area is 161 Å². The summed E-state index contributed by atoms with van der Waals surface area (Å²) >= 11 is 1.23. The number of para-hydroxylation sites is 1. The molecule has 0 aliphatic carbocycles. The van der Waals surface area contributed by atoms with E-state index >= 15 is 0 Å². The number of carbonyl (C=O) groups is 2. The maximum atomic E-state index is 12.7. The smallest absolute Gasteiger partial charge is 0.337 e. The maximum absolute atomic E-state index is 12.7. The Hall–Kier alpha value is -3.06. The number of benzene rings is 2. The van der Waals surface area contributed by atoms with E-state index in [1.807, 2.05) is 31.2 Å². The lowest BCUT2D eigenvalue weighted by atomic mass is 10.2. The zero-order valence-electron chi connectivity index (χ0n) is 14.9. The van der Waals surface area contributed by atoms with Gasteiger partial charge in [-0.2, -0.15) is 0 Å². The molecule has 6 nitrogen and oxygen atoms in total. The van der Waals surface area contributed by atoms with Crippen LogP contribution in [0.4, 0.5) is 5.69 Å². The van der Waals surface area contributed by atoms with Gasteiger partial charge in [-0.15, -0.1) is 0 Å².